The third-order valence-corrected chi connectivity index (χ3v) is 2.97. The van der Waals surface area contributed by atoms with Crippen LogP contribution in [0.4, 0.5) is 4.79 Å². The monoisotopic (exact) mass is 299 g/mol. The van der Waals surface area contributed by atoms with Crippen LogP contribution in [0.2, 0.25) is 0 Å². The van der Waals surface area contributed by atoms with E-state index >= 15 is 0 Å². The first-order valence-corrected chi connectivity index (χ1v) is 7.17. The molecule has 0 saturated carbocycles. The second kappa shape index (κ2) is 6.52. The second-order valence-electron chi connectivity index (χ2n) is 6.20. The van der Waals surface area contributed by atoms with Gasteiger partial charge in [-0.05, 0) is 55.7 Å². The van der Waals surface area contributed by atoms with Crippen LogP contribution in [0.25, 0.3) is 11.1 Å². The van der Waals surface area contributed by atoms with E-state index in [2.05, 4.69) is 5.32 Å². The Balaban J connectivity index is 2.03. The van der Waals surface area contributed by atoms with Crippen molar-refractivity contribution in [2.75, 3.05) is 0 Å². The van der Waals surface area contributed by atoms with Crippen molar-refractivity contribution in [3.63, 3.8) is 0 Å². The van der Waals surface area contributed by atoms with E-state index in [9.17, 15) is 9.90 Å². The van der Waals surface area contributed by atoms with Crippen LogP contribution < -0.4 is 5.32 Å². The zero-order chi connectivity index (χ0) is 16.2. The SMILES string of the molecule is CC(C)(C)NC(=O)OCc1cccc(-c2ccc(O)cc2)c1. The maximum atomic E-state index is 11.7. The van der Waals surface area contributed by atoms with Crippen molar-refractivity contribution >= 4 is 6.09 Å². The molecule has 116 valence electrons. The molecule has 22 heavy (non-hydrogen) atoms. The quantitative estimate of drug-likeness (QED) is 0.897. The van der Waals surface area contributed by atoms with Crippen LogP contribution in [-0.4, -0.2) is 16.7 Å². The molecule has 2 N–H and O–H groups in total. The number of hydrogen-bond acceptors (Lipinski definition) is 3. The molecule has 0 aliphatic heterocycles. The Morgan fingerprint density at radius 1 is 1.09 bits per heavy atom. The highest BCUT2D eigenvalue weighted by Gasteiger charge is 2.14. The Morgan fingerprint density at radius 3 is 2.41 bits per heavy atom. The van der Waals surface area contributed by atoms with E-state index in [1.807, 2.05) is 57.2 Å². The number of carbonyl (C=O) groups excluding carboxylic acids is 1. The third kappa shape index (κ3) is 4.81. The number of benzene rings is 2. The molecule has 0 aliphatic carbocycles. The van der Waals surface area contributed by atoms with Crippen LogP contribution in [0.3, 0.4) is 0 Å². The van der Waals surface area contributed by atoms with Gasteiger partial charge in [0.1, 0.15) is 12.4 Å². The molecule has 2 aromatic carbocycles. The highest BCUT2D eigenvalue weighted by molar-refractivity contribution is 5.68. The van der Waals surface area contributed by atoms with Gasteiger partial charge >= 0.3 is 6.09 Å². The van der Waals surface area contributed by atoms with Gasteiger partial charge in [-0.2, -0.15) is 0 Å². The van der Waals surface area contributed by atoms with Gasteiger partial charge in [0.25, 0.3) is 0 Å². The molecule has 2 aromatic rings. The maximum Gasteiger partial charge on any atom is 0.407 e. The summed E-state index contributed by atoms with van der Waals surface area (Å²) in [6, 6.07) is 14.8. The topological polar surface area (TPSA) is 58.6 Å². The minimum atomic E-state index is -0.428. The van der Waals surface area contributed by atoms with Crippen molar-refractivity contribution in [1.29, 1.82) is 0 Å². The van der Waals surface area contributed by atoms with Gasteiger partial charge < -0.3 is 15.2 Å². The van der Waals surface area contributed by atoms with E-state index in [0.717, 1.165) is 16.7 Å². The highest BCUT2D eigenvalue weighted by Crippen LogP contribution is 2.23. The fraction of sp³-hybridized carbons (Fsp3) is 0.278. The molecule has 0 saturated heterocycles. The molecule has 0 aromatic heterocycles. The summed E-state index contributed by atoms with van der Waals surface area (Å²) in [5.41, 5.74) is 2.61. The smallest absolute Gasteiger partial charge is 0.407 e. The van der Waals surface area contributed by atoms with E-state index in [1.165, 1.54) is 0 Å². The number of carbonyl (C=O) groups is 1. The number of alkyl carbamates (subject to hydrolysis) is 1. The van der Waals surface area contributed by atoms with Gasteiger partial charge in [-0.25, -0.2) is 4.79 Å². The molecule has 0 spiro atoms. The minimum absolute atomic E-state index is 0.216. The maximum absolute atomic E-state index is 11.7. The van der Waals surface area contributed by atoms with Crippen LogP contribution in [0.1, 0.15) is 26.3 Å². The molecule has 2 rings (SSSR count). The molecule has 0 aliphatic rings. The van der Waals surface area contributed by atoms with Gasteiger partial charge in [0.05, 0.1) is 0 Å². The number of phenolic OH excluding ortho intramolecular Hbond substituents is 1. The number of ether oxygens (including phenoxy) is 1. The van der Waals surface area contributed by atoms with Crippen molar-refractivity contribution in [3.8, 4) is 16.9 Å². The molecule has 4 nitrogen and oxygen atoms in total. The summed E-state index contributed by atoms with van der Waals surface area (Å²) < 4.78 is 5.22. The van der Waals surface area contributed by atoms with Gasteiger partial charge in [-0.15, -0.1) is 0 Å². The van der Waals surface area contributed by atoms with Crippen molar-refractivity contribution in [3.05, 3.63) is 54.1 Å². The Kier molecular flexibility index (Phi) is 4.71. The molecule has 0 radical (unpaired) electrons. The number of phenols is 1. The molecule has 1 amide bonds. The van der Waals surface area contributed by atoms with E-state index in [4.69, 9.17) is 4.74 Å². The fourth-order valence-corrected chi connectivity index (χ4v) is 1.99. The van der Waals surface area contributed by atoms with Gasteiger partial charge in [-0.3, -0.25) is 0 Å². The first-order chi connectivity index (χ1) is 10.3. The Hall–Kier alpha value is -2.49. The molecule has 0 fully saturated rings. The lowest BCUT2D eigenvalue weighted by molar-refractivity contribution is 0.131. The van der Waals surface area contributed by atoms with Gasteiger partial charge in [-0.1, -0.05) is 30.3 Å². The van der Waals surface area contributed by atoms with E-state index in [-0.39, 0.29) is 17.9 Å². The zero-order valence-electron chi connectivity index (χ0n) is 13.1. The number of rotatable bonds is 3. The predicted molar refractivity (Wildman–Crippen MR) is 86.6 cm³/mol. The first kappa shape index (κ1) is 15.9. The average Bonchev–Trinajstić information content (AvgIpc) is 2.44. The lowest BCUT2D eigenvalue weighted by atomic mass is 10.0. The predicted octanol–water partition coefficient (Wildman–Crippen LogP) is 4.08. The molecule has 0 unspecified atom stereocenters. The largest absolute Gasteiger partial charge is 0.508 e. The van der Waals surface area contributed by atoms with Gasteiger partial charge in [0, 0.05) is 5.54 Å². The summed E-state index contributed by atoms with van der Waals surface area (Å²) >= 11 is 0. The minimum Gasteiger partial charge on any atom is -0.508 e. The Labute approximate surface area is 130 Å². The summed E-state index contributed by atoms with van der Waals surface area (Å²) in [5.74, 6) is 0.238. The number of nitrogens with one attached hydrogen (secondary N) is 1. The number of amides is 1. The Morgan fingerprint density at radius 2 is 1.77 bits per heavy atom. The second-order valence-corrected chi connectivity index (χ2v) is 6.20. The zero-order valence-corrected chi connectivity index (χ0v) is 13.1. The van der Waals surface area contributed by atoms with Crippen molar-refractivity contribution in [1.82, 2.24) is 5.32 Å². The lowest BCUT2D eigenvalue weighted by Gasteiger charge is -2.20. The van der Waals surface area contributed by atoms with Crippen LogP contribution in [0.15, 0.2) is 48.5 Å². The Bertz CT molecular complexity index is 642. The van der Waals surface area contributed by atoms with E-state index < -0.39 is 6.09 Å². The van der Waals surface area contributed by atoms with Crippen molar-refractivity contribution in [2.45, 2.75) is 32.9 Å². The van der Waals surface area contributed by atoms with Gasteiger partial charge in [0.2, 0.25) is 0 Å². The molecule has 0 heterocycles. The van der Waals surface area contributed by atoms with E-state index in [1.54, 1.807) is 12.1 Å². The van der Waals surface area contributed by atoms with Gasteiger partial charge in [0.15, 0.2) is 0 Å². The standard InChI is InChI=1S/C18H21NO3/c1-18(2,3)19-17(21)22-12-13-5-4-6-15(11-13)14-7-9-16(20)10-8-14/h4-11,20H,12H2,1-3H3,(H,19,21). The average molecular weight is 299 g/mol. The van der Waals surface area contributed by atoms with Crippen LogP contribution >= 0.6 is 0 Å². The lowest BCUT2D eigenvalue weighted by Crippen LogP contribution is -2.40. The molecule has 4 heteroatoms. The highest BCUT2D eigenvalue weighted by atomic mass is 16.5. The number of hydrogen-bond donors (Lipinski definition) is 2. The molecular weight excluding hydrogens is 278 g/mol. The number of aromatic hydroxyl groups is 1. The summed E-state index contributed by atoms with van der Waals surface area (Å²) in [5, 5.41) is 12.1. The normalized spacial score (nSPS) is 11.0. The first-order valence-electron chi connectivity index (χ1n) is 7.17. The third-order valence-electron chi connectivity index (χ3n) is 2.97. The molecule has 0 atom stereocenters. The summed E-state index contributed by atoms with van der Waals surface area (Å²) in [7, 11) is 0. The van der Waals surface area contributed by atoms with Crippen LogP contribution in [0, 0.1) is 0 Å². The van der Waals surface area contributed by atoms with E-state index in [0.29, 0.717) is 0 Å². The fourth-order valence-electron chi connectivity index (χ4n) is 1.99. The molecular formula is C18H21NO3. The summed E-state index contributed by atoms with van der Waals surface area (Å²) in [6.07, 6.45) is -0.428. The molecule has 0 bridgehead atoms. The summed E-state index contributed by atoms with van der Waals surface area (Å²) in [4.78, 5) is 11.7. The summed E-state index contributed by atoms with van der Waals surface area (Å²) in [6.45, 7) is 5.92. The van der Waals surface area contributed by atoms with Crippen molar-refractivity contribution < 1.29 is 14.6 Å². The van der Waals surface area contributed by atoms with Crippen molar-refractivity contribution in [2.24, 2.45) is 0 Å². The van der Waals surface area contributed by atoms with Crippen LogP contribution in [0.5, 0.6) is 5.75 Å². The van der Waals surface area contributed by atoms with Crippen LogP contribution in [-0.2, 0) is 11.3 Å².